The fourth-order valence-electron chi connectivity index (χ4n) is 2.28. The van der Waals surface area contributed by atoms with E-state index in [0.29, 0.717) is 5.41 Å². The van der Waals surface area contributed by atoms with Crippen LogP contribution < -0.4 is 4.90 Å². The van der Waals surface area contributed by atoms with Gasteiger partial charge in [0.05, 0.1) is 0 Å². The molecule has 0 unspecified atom stereocenters. The first-order valence-corrected chi connectivity index (χ1v) is 6.74. The summed E-state index contributed by atoms with van der Waals surface area (Å²) in [4.78, 5) is 2.50. The number of hydrogen-bond acceptors (Lipinski definition) is 2. The van der Waals surface area contributed by atoms with Crippen LogP contribution in [0.1, 0.15) is 13.8 Å². The fraction of sp³-hybridized carbons (Fsp3) is 0.538. The van der Waals surface area contributed by atoms with Gasteiger partial charge in [-0.15, -0.1) is 0 Å². The molecular formula is C13H19IN2. The summed E-state index contributed by atoms with van der Waals surface area (Å²) in [6.45, 7) is 9.25. The first-order chi connectivity index (χ1) is 7.57. The molecule has 0 aliphatic carbocycles. The largest absolute Gasteiger partial charge is 0.370 e. The molecular weight excluding hydrogens is 311 g/mol. The normalized spacial score (nSPS) is 21.8. The molecule has 1 saturated heterocycles. The second-order valence-electron chi connectivity index (χ2n) is 5.27. The van der Waals surface area contributed by atoms with Crippen molar-refractivity contribution in [1.82, 2.24) is 3.11 Å². The van der Waals surface area contributed by atoms with Crippen LogP contribution in [0.3, 0.4) is 0 Å². The van der Waals surface area contributed by atoms with Crippen molar-refractivity contribution in [2.45, 2.75) is 13.8 Å². The molecule has 0 atom stereocenters. The summed E-state index contributed by atoms with van der Waals surface area (Å²) in [5, 5.41) is 0. The van der Waals surface area contributed by atoms with Crippen molar-refractivity contribution in [1.29, 1.82) is 0 Å². The minimum atomic E-state index is 0.355. The van der Waals surface area contributed by atoms with Crippen molar-refractivity contribution in [3.8, 4) is 0 Å². The lowest BCUT2D eigenvalue weighted by molar-refractivity contribution is 0.324. The fourth-order valence-corrected chi connectivity index (χ4v) is 3.42. The second kappa shape index (κ2) is 4.92. The van der Waals surface area contributed by atoms with E-state index in [1.807, 2.05) is 0 Å². The molecule has 0 spiro atoms. The summed E-state index contributed by atoms with van der Waals surface area (Å²) in [6, 6.07) is 10.7. The third kappa shape index (κ3) is 3.10. The Balaban J connectivity index is 2.17. The predicted octanol–water partition coefficient (Wildman–Crippen LogP) is 3.18. The Morgan fingerprint density at radius 2 is 1.75 bits per heavy atom. The van der Waals surface area contributed by atoms with Gasteiger partial charge in [0.25, 0.3) is 0 Å². The first-order valence-electron chi connectivity index (χ1n) is 5.78. The average Bonchev–Trinajstić information content (AvgIpc) is 2.37. The highest BCUT2D eigenvalue weighted by molar-refractivity contribution is 14.1. The van der Waals surface area contributed by atoms with Crippen LogP contribution in [0.4, 0.5) is 5.69 Å². The van der Waals surface area contributed by atoms with Gasteiger partial charge in [-0.25, -0.2) is 3.11 Å². The summed E-state index contributed by atoms with van der Waals surface area (Å²) in [6.07, 6.45) is 0. The van der Waals surface area contributed by atoms with Crippen LogP contribution in [0.15, 0.2) is 30.3 Å². The highest BCUT2D eigenvalue weighted by atomic mass is 127. The molecule has 1 aliphatic heterocycles. The van der Waals surface area contributed by atoms with E-state index in [1.165, 1.54) is 5.69 Å². The van der Waals surface area contributed by atoms with Gasteiger partial charge in [-0.2, -0.15) is 0 Å². The molecule has 2 nitrogen and oxygen atoms in total. The Bertz CT molecular complexity index is 337. The van der Waals surface area contributed by atoms with Gasteiger partial charge >= 0.3 is 0 Å². The summed E-state index contributed by atoms with van der Waals surface area (Å²) >= 11 is 2.44. The predicted molar refractivity (Wildman–Crippen MR) is 78.0 cm³/mol. The number of hydrogen-bond donors (Lipinski definition) is 0. The Morgan fingerprint density at radius 1 is 1.06 bits per heavy atom. The Kier molecular flexibility index (Phi) is 3.74. The van der Waals surface area contributed by atoms with Crippen molar-refractivity contribution in [2.75, 3.05) is 31.1 Å². The van der Waals surface area contributed by atoms with E-state index in [4.69, 9.17) is 0 Å². The molecule has 1 fully saturated rings. The van der Waals surface area contributed by atoms with Crippen LogP contribution in [-0.2, 0) is 0 Å². The quantitative estimate of drug-likeness (QED) is 0.576. The molecule has 0 saturated carbocycles. The van der Waals surface area contributed by atoms with Gasteiger partial charge in [0.15, 0.2) is 0 Å². The summed E-state index contributed by atoms with van der Waals surface area (Å²) in [7, 11) is 0. The molecule has 3 heteroatoms. The highest BCUT2D eigenvalue weighted by Crippen LogP contribution is 2.27. The number of rotatable bonds is 1. The molecule has 0 aromatic heterocycles. The zero-order valence-corrected chi connectivity index (χ0v) is 12.1. The Hall–Kier alpha value is -0.290. The molecule has 1 aromatic rings. The molecule has 0 N–H and O–H groups in total. The van der Waals surface area contributed by atoms with Gasteiger partial charge < -0.3 is 4.90 Å². The van der Waals surface area contributed by atoms with E-state index in [-0.39, 0.29) is 0 Å². The maximum atomic E-state index is 2.50. The van der Waals surface area contributed by atoms with Crippen molar-refractivity contribution < 1.29 is 0 Å². The van der Waals surface area contributed by atoms with Crippen molar-refractivity contribution >= 4 is 28.6 Å². The third-order valence-electron chi connectivity index (χ3n) is 2.95. The molecule has 2 rings (SSSR count). The third-order valence-corrected chi connectivity index (χ3v) is 3.78. The van der Waals surface area contributed by atoms with E-state index >= 15 is 0 Å². The van der Waals surface area contributed by atoms with Crippen LogP contribution >= 0.6 is 22.9 Å². The van der Waals surface area contributed by atoms with E-state index in [9.17, 15) is 0 Å². The number of nitrogens with zero attached hydrogens (tertiary/aromatic N) is 2. The van der Waals surface area contributed by atoms with E-state index in [2.05, 4.69) is 75.1 Å². The Morgan fingerprint density at radius 3 is 2.44 bits per heavy atom. The summed E-state index contributed by atoms with van der Waals surface area (Å²) in [5.41, 5.74) is 1.70. The summed E-state index contributed by atoms with van der Waals surface area (Å²) in [5.74, 6) is 0. The van der Waals surface area contributed by atoms with Gasteiger partial charge in [-0.1, -0.05) is 32.0 Å². The minimum Gasteiger partial charge on any atom is -0.370 e. The average molecular weight is 330 g/mol. The zero-order chi connectivity index (χ0) is 11.6. The topological polar surface area (TPSA) is 6.48 Å². The van der Waals surface area contributed by atoms with Gasteiger partial charge in [0.1, 0.15) is 0 Å². The van der Waals surface area contributed by atoms with Crippen molar-refractivity contribution in [3.63, 3.8) is 0 Å². The smallest absolute Gasteiger partial charge is 0.0366 e. The monoisotopic (exact) mass is 330 g/mol. The van der Waals surface area contributed by atoms with Crippen molar-refractivity contribution in [3.05, 3.63) is 30.3 Å². The number of para-hydroxylation sites is 1. The SMILES string of the molecule is CC1(C)CN(I)CCN(c2ccccc2)C1. The van der Waals surface area contributed by atoms with Gasteiger partial charge in [0.2, 0.25) is 0 Å². The van der Waals surface area contributed by atoms with Gasteiger partial charge in [-0.05, 0) is 17.5 Å². The molecule has 0 amide bonds. The van der Waals surface area contributed by atoms with Gasteiger partial charge in [0, 0.05) is 54.7 Å². The van der Waals surface area contributed by atoms with E-state index in [0.717, 1.165) is 26.2 Å². The van der Waals surface area contributed by atoms with Crippen LogP contribution in [-0.4, -0.2) is 29.3 Å². The minimum absolute atomic E-state index is 0.355. The molecule has 1 heterocycles. The molecule has 1 aliphatic rings. The second-order valence-corrected chi connectivity index (χ2v) is 6.63. The zero-order valence-electron chi connectivity index (χ0n) is 9.99. The maximum absolute atomic E-state index is 2.50. The maximum Gasteiger partial charge on any atom is 0.0366 e. The van der Waals surface area contributed by atoms with Gasteiger partial charge in [-0.3, -0.25) is 0 Å². The number of anilines is 1. The van der Waals surface area contributed by atoms with Crippen molar-refractivity contribution in [2.24, 2.45) is 5.41 Å². The molecule has 16 heavy (non-hydrogen) atoms. The number of benzene rings is 1. The van der Waals surface area contributed by atoms with E-state index < -0.39 is 0 Å². The molecule has 88 valence electrons. The molecule has 0 bridgehead atoms. The molecule has 1 aromatic carbocycles. The summed E-state index contributed by atoms with van der Waals surface area (Å²) < 4.78 is 2.40. The van der Waals surface area contributed by atoms with Crippen LogP contribution in [0, 0.1) is 5.41 Å². The first kappa shape index (κ1) is 12.2. The van der Waals surface area contributed by atoms with Crippen LogP contribution in [0.5, 0.6) is 0 Å². The number of halogens is 1. The lowest BCUT2D eigenvalue weighted by Gasteiger charge is -2.30. The van der Waals surface area contributed by atoms with E-state index in [1.54, 1.807) is 0 Å². The molecule has 0 radical (unpaired) electrons. The Labute approximate surface area is 112 Å². The lowest BCUT2D eigenvalue weighted by Crippen LogP contribution is -2.34. The highest BCUT2D eigenvalue weighted by Gasteiger charge is 2.27. The lowest BCUT2D eigenvalue weighted by atomic mass is 9.93. The van der Waals surface area contributed by atoms with Crippen LogP contribution in [0.2, 0.25) is 0 Å². The van der Waals surface area contributed by atoms with Crippen LogP contribution in [0.25, 0.3) is 0 Å². The standard InChI is InChI=1S/C13H19IN2/c1-13(2)10-15(8-9-16(14)11-13)12-6-4-3-5-7-12/h3-7H,8-11H2,1-2H3.